The van der Waals surface area contributed by atoms with Crippen molar-refractivity contribution < 1.29 is 22.7 Å². The Morgan fingerprint density at radius 2 is 1.78 bits per heavy atom. The number of nitrogens with two attached hydrogens (primary N) is 1. The highest BCUT2D eigenvalue weighted by Gasteiger charge is 2.11. The van der Waals surface area contributed by atoms with Gasteiger partial charge in [-0.25, -0.2) is 13.6 Å². The fraction of sp³-hybridized carbons (Fsp3) is 0.211. The molecule has 1 amide bonds. The molecular formula is C19H20N2O5S. The average Bonchev–Trinajstić information content (AvgIpc) is 2.66. The van der Waals surface area contributed by atoms with Crippen LogP contribution in [0.1, 0.15) is 11.1 Å². The van der Waals surface area contributed by atoms with E-state index in [1.54, 1.807) is 18.2 Å². The number of sulfonamides is 1. The summed E-state index contributed by atoms with van der Waals surface area (Å²) >= 11 is 0. The molecule has 142 valence electrons. The number of carbonyl (C=O) groups excluding carboxylic acids is 1. The Bertz CT molecular complexity index is 953. The van der Waals surface area contributed by atoms with E-state index in [0.717, 1.165) is 11.1 Å². The smallest absolute Gasteiger partial charge is 0.244 e. The Morgan fingerprint density at radius 3 is 2.48 bits per heavy atom. The molecule has 0 aromatic heterocycles. The highest BCUT2D eigenvalue weighted by Crippen LogP contribution is 2.31. The van der Waals surface area contributed by atoms with Crippen molar-refractivity contribution in [3.63, 3.8) is 0 Å². The third kappa shape index (κ3) is 5.32. The number of hydrogen-bond acceptors (Lipinski definition) is 5. The van der Waals surface area contributed by atoms with Crippen LogP contribution in [0.5, 0.6) is 11.5 Å². The zero-order chi connectivity index (χ0) is 19.3. The maximum absolute atomic E-state index is 11.9. The topological polar surface area (TPSA) is 108 Å². The molecule has 1 aliphatic heterocycles. The van der Waals surface area contributed by atoms with Crippen molar-refractivity contribution in [2.75, 3.05) is 19.8 Å². The molecule has 1 heterocycles. The van der Waals surface area contributed by atoms with Crippen LogP contribution in [-0.4, -0.2) is 34.1 Å². The summed E-state index contributed by atoms with van der Waals surface area (Å²) in [5.74, 6) is 1.16. The lowest BCUT2D eigenvalue weighted by atomic mass is 10.1. The lowest BCUT2D eigenvalue weighted by Gasteiger charge is -2.18. The van der Waals surface area contributed by atoms with Crippen molar-refractivity contribution in [3.8, 4) is 11.5 Å². The molecule has 0 fully saturated rings. The Labute approximate surface area is 157 Å². The van der Waals surface area contributed by atoms with E-state index >= 15 is 0 Å². The van der Waals surface area contributed by atoms with Crippen molar-refractivity contribution in [1.82, 2.24) is 5.32 Å². The number of fused-ring (bicyclic) bond motifs is 1. The molecule has 3 rings (SSSR count). The minimum atomic E-state index is -3.69. The van der Waals surface area contributed by atoms with Crippen LogP contribution in [0.25, 0.3) is 6.08 Å². The number of primary sulfonamides is 1. The Hall–Kier alpha value is -2.84. The summed E-state index contributed by atoms with van der Waals surface area (Å²) < 4.78 is 33.4. The second-order valence-electron chi connectivity index (χ2n) is 5.97. The van der Waals surface area contributed by atoms with Crippen LogP contribution in [0, 0.1) is 0 Å². The second kappa shape index (κ2) is 8.24. The monoisotopic (exact) mass is 388 g/mol. The molecule has 0 spiro atoms. The van der Waals surface area contributed by atoms with Crippen LogP contribution in [0.2, 0.25) is 0 Å². The molecule has 0 aliphatic carbocycles. The SMILES string of the molecule is NS(=O)(=O)c1ccc(CCNC(=O)/C=C/c2ccc3c(c2)OCCO3)cc1. The summed E-state index contributed by atoms with van der Waals surface area (Å²) in [5.41, 5.74) is 1.74. The number of rotatable bonds is 6. The van der Waals surface area contributed by atoms with Gasteiger partial charge in [0.2, 0.25) is 15.9 Å². The van der Waals surface area contributed by atoms with Gasteiger partial charge in [-0.1, -0.05) is 18.2 Å². The summed E-state index contributed by atoms with van der Waals surface area (Å²) in [6.45, 7) is 1.48. The van der Waals surface area contributed by atoms with Gasteiger partial charge in [-0.3, -0.25) is 4.79 Å². The van der Waals surface area contributed by atoms with E-state index in [1.165, 1.54) is 18.2 Å². The predicted molar refractivity (Wildman–Crippen MR) is 101 cm³/mol. The van der Waals surface area contributed by atoms with Crippen LogP contribution >= 0.6 is 0 Å². The normalized spacial score (nSPS) is 13.5. The number of carbonyl (C=O) groups is 1. The van der Waals surface area contributed by atoms with Crippen LogP contribution in [0.15, 0.2) is 53.4 Å². The minimum absolute atomic E-state index is 0.0673. The number of benzene rings is 2. The van der Waals surface area contributed by atoms with Gasteiger partial charge in [0.25, 0.3) is 0 Å². The van der Waals surface area contributed by atoms with Crippen LogP contribution < -0.4 is 19.9 Å². The fourth-order valence-electron chi connectivity index (χ4n) is 2.57. The first-order valence-corrected chi connectivity index (χ1v) is 9.94. The fourth-order valence-corrected chi connectivity index (χ4v) is 3.09. The molecule has 2 aromatic carbocycles. The molecular weight excluding hydrogens is 368 g/mol. The van der Waals surface area contributed by atoms with E-state index in [0.29, 0.717) is 37.7 Å². The Balaban J connectivity index is 1.49. The van der Waals surface area contributed by atoms with Gasteiger partial charge in [0.1, 0.15) is 13.2 Å². The number of nitrogens with one attached hydrogen (secondary N) is 1. The first kappa shape index (κ1) is 18.9. The van der Waals surface area contributed by atoms with Gasteiger partial charge in [0.05, 0.1) is 4.90 Å². The summed E-state index contributed by atoms with van der Waals surface area (Å²) in [5, 5.41) is 7.84. The zero-order valence-corrected chi connectivity index (χ0v) is 15.4. The molecule has 3 N–H and O–H groups in total. The zero-order valence-electron chi connectivity index (χ0n) is 14.6. The highest BCUT2D eigenvalue weighted by molar-refractivity contribution is 7.89. The Kier molecular flexibility index (Phi) is 5.78. The van der Waals surface area contributed by atoms with Gasteiger partial charge >= 0.3 is 0 Å². The van der Waals surface area contributed by atoms with Crippen LogP contribution in [-0.2, 0) is 21.2 Å². The van der Waals surface area contributed by atoms with E-state index in [2.05, 4.69) is 5.32 Å². The van der Waals surface area contributed by atoms with Crippen LogP contribution in [0.4, 0.5) is 0 Å². The number of ether oxygens (including phenoxy) is 2. The minimum Gasteiger partial charge on any atom is -0.486 e. The van der Waals surface area contributed by atoms with Crippen molar-refractivity contribution in [2.45, 2.75) is 11.3 Å². The van der Waals surface area contributed by atoms with Crippen molar-refractivity contribution in [1.29, 1.82) is 0 Å². The third-order valence-electron chi connectivity index (χ3n) is 3.96. The average molecular weight is 388 g/mol. The largest absolute Gasteiger partial charge is 0.486 e. The predicted octanol–water partition coefficient (Wildman–Crippen LogP) is 1.48. The van der Waals surface area contributed by atoms with Gasteiger partial charge in [-0.2, -0.15) is 0 Å². The molecule has 1 aliphatic rings. The standard InChI is InChI=1S/C19H20N2O5S/c20-27(23,24)16-5-1-14(2-6-16)9-10-21-19(22)8-4-15-3-7-17-18(13-15)26-12-11-25-17/h1-8,13H,9-12H2,(H,21,22)(H2,20,23,24)/b8-4+. The third-order valence-corrected chi connectivity index (χ3v) is 4.89. The molecule has 0 saturated carbocycles. The molecule has 0 saturated heterocycles. The van der Waals surface area contributed by atoms with Crippen molar-refractivity contribution >= 4 is 22.0 Å². The van der Waals surface area contributed by atoms with Crippen molar-refractivity contribution in [3.05, 3.63) is 59.7 Å². The summed E-state index contributed by atoms with van der Waals surface area (Å²) in [4.78, 5) is 12.0. The first-order valence-electron chi connectivity index (χ1n) is 8.39. The maximum Gasteiger partial charge on any atom is 0.244 e. The lowest BCUT2D eigenvalue weighted by molar-refractivity contribution is -0.116. The van der Waals surface area contributed by atoms with E-state index in [4.69, 9.17) is 14.6 Å². The molecule has 0 atom stereocenters. The van der Waals surface area contributed by atoms with Gasteiger partial charge in [-0.15, -0.1) is 0 Å². The van der Waals surface area contributed by atoms with E-state index in [9.17, 15) is 13.2 Å². The maximum atomic E-state index is 11.9. The number of hydrogen-bond donors (Lipinski definition) is 2. The summed E-state index contributed by atoms with van der Waals surface area (Å²) in [6, 6.07) is 11.8. The van der Waals surface area contributed by atoms with E-state index in [-0.39, 0.29) is 10.8 Å². The highest BCUT2D eigenvalue weighted by atomic mass is 32.2. The molecule has 0 unspecified atom stereocenters. The lowest BCUT2D eigenvalue weighted by Crippen LogP contribution is -2.23. The summed E-state index contributed by atoms with van der Waals surface area (Å²) in [7, 11) is -3.69. The molecule has 27 heavy (non-hydrogen) atoms. The first-order chi connectivity index (χ1) is 12.9. The van der Waals surface area contributed by atoms with Gasteiger partial charge in [0, 0.05) is 12.6 Å². The molecule has 0 radical (unpaired) electrons. The van der Waals surface area contributed by atoms with Crippen molar-refractivity contribution in [2.24, 2.45) is 5.14 Å². The molecule has 8 heteroatoms. The van der Waals surface area contributed by atoms with Crippen LogP contribution in [0.3, 0.4) is 0 Å². The van der Waals surface area contributed by atoms with E-state index in [1.807, 2.05) is 18.2 Å². The molecule has 7 nitrogen and oxygen atoms in total. The Morgan fingerprint density at radius 1 is 1.07 bits per heavy atom. The summed E-state index contributed by atoms with van der Waals surface area (Å²) in [6.07, 6.45) is 3.73. The second-order valence-corrected chi connectivity index (χ2v) is 7.53. The quantitative estimate of drug-likeness (QED) is 0.729. The van der Waals surface area contributed by atoms with Gasteiger partial charge in [0.15, 0.2) is 11.5 Å². The molecule has 0 bridgehead atoms. The van der Waals surface area contributed by atoms with Gasteiger partial charge < -0.3 is 14.8 Å². The van der Waals surface area contributed by atoms with Gasteiger partial charge in [-0.05, 0) is 47.9 Å². The van der Waals surface area contributed by atoms with E-state index < -0.39 is 10.0 Å². The number of amides is 1. The molecule has 2 aromatic rings.